The lowest BCUT2D eigenvalue weighted by Gasteiger charge is -2.12. The third kappa shape index (κ3) is 4.07. The molecule has 6 nitrogen and oxygen atoms in total. The van der Waals surface area contributed by atoms with E-state index < -0.39 is 0 Å². The van der Waals surface area contributed by atoms with E-state index in [1.807, 2.05) is 30.3 Å². The van der Waals surface area contributed by atoms with E-state index in [0.717, 1.165) is 5.56 Å². The molecule has 1 heterocycles. The van der Waals surface area contributed by atoms with Gasteiger partial charge in [0.1, 0.15) is 35.6 Å². The van der Waals surface area contributed by atoms with Crippen molar-refractivity contribution in [3.63, 3.8) is 0 Å². The predicted octanol–water partition coefficient (Wildman–Crippen LogP) is 6.53. The quantitative estimate of drug-likeness (QED) is 0.334. The minimum Gasteiger partial charge on any atom is -0.487 e. The van der Waals surface area contributed by atoms with Gasteiger partial charge in [0.05, 0.1) is 16.1 Å². The summed E-state index contributed by atoms with van der Waals surface area (Å²) in [7, 11) is 0. The molecule has 4 rings (SSSR count). The Kier molecular flexibility index (Phi) is 5.55. The Balaban J connectivity index is 1.67. The van der Waals surface area contributed by atoms with Crippen molar-refractivity contribution in [3.8, 4) is 23.3 Å². The summed E-state index contributed by atoms with van der Waals surface area (Å²) in [5, 5.41) is 13.4. The molecule has 0 amide bonds. The Morgan fingerprint density at radius 3 is 2.63 bits per heavy atom. The zero-order valence-corrected chi connectivity index (χ0v) is 16.3. The van der Waals surface area contributed by atoms with Gasteiger partial charge in [-0.2, -0.15) is 5.26 Å². The van der Waals surface area contributed by atoms with Gasteiger partial charge in [-0.05, 0) is 35.0 Å². The number of benzene rings is 3. The van der Waals surface area contributed by atoms with Gasteiger partial charge in [0, 0.05) is 23.7 Å². The van der Waals surface area contributed by atoms with Gasteiger partial charge < -0.3 is 9.47 Å². The lowest BCUT2D eigenvalue weighted by Crippen LogP contribution is -1.98. The Bertz CT molecular complexity index is 1270. The SMILES string of the molecule is N#Cc1cc2c(Oc3ccc(Cl)c(N=O)c3)ccnc2cc1OCc1ccccc1. The van der Waals surface area contributed by atoms with Crippen LogP contribution < -0.4 is 9.47 Å². The smallest absolute Gasteiger partial charge is 0.139 e. The van der Waals surface area contributed by atoms with Crippen molar-refractivity contribution < 1.29 is 9.47 Å². The molecule has 146 valence electrons. The highest BCUT2D eigenvalue weighted by molar-refractivity contribution is 6.33. The number of nitrogens with zero attached hydrogens (tertiary/aromatic N) is 3. The van der Waals surface area contributed by atoms with E-state index in [1.165, 1.54) is 12.1 Å². The van der Waals surface area contributed by atoms with Gasteiger partial charge in [0.25, 0.3) is 0 Å². The first-order valence-electron chi connectivity index (χ1n) is 8.98. The molecule has 1 aromatic heterocycles. The first-order valence-corrected chi connectivity index (χ1v) is 9.36. The van der Waals surface area contributed by atoms with E-state index >= 15 is 0 Å². The highest BCUT2D eigenvalue weighted by atomic mass is 35.5. The van der Waals surface area contributed by atoms with Gasteiger partial charge in [-0.1, -0.05) is 41.9 Å². The number of halogens is 1. The van der Waals surface area contributed by atoms with Crippen molar-refractivity contribution in [2.45, 2.75) is 6.61 Å². The summed E-state index contributed by atoms with van der Waals surface area (Å²) in [4.78, 5) is 15.2. The molecule has 4 aromatic rings. The maximum atomic E-state index is 10.9. The molecule has 0 atom stereocenters. The van der Waals surface area contributed by atoms with Crippen LogP contribution in [-0.4, -0.2) is 4.98 Å². The summed E-state index contributed by atoms with van der Waals surface area (Å²) in [5.41, 5.74) is 2.05. The monoisotopic (exact) mass is 415 g/mol. The summed E-state index contributed by atoms with van der Waals surface area (Å²) >= 11 is 5.92. The zero-order chi connectivity index (χ0) is 20.9. The lowest BCUT2D eigenvalue weighted by atomic mass is 10.1. The molecule has 0 saturated carbocycles. The molecule has 0 fully saturated rings. The van der Waals surface area contributed by atoms with Crippen molar-refractivity contribution in [3.05, 3.63) is 94.0 Å². The second-order valence-electron chi connectivity index (χ2n) is 6.37. The Hall–Kier alpha value is -3.95. The van der Waals surface area contributed by atoms with Gasteiger partial charge in [-0.25, -0.2) is 0 Å². The normalized spacial score (nSPS) is 10.4. The number of hydrogen-bond acceptors (Lipinski definition) is 6. The minimum atomic E-state index is 0.0850. The average Bonchev–Trinajstić information content (AvgIpc) is 2.79. The number of aromatic nitrogens is 1. The molecule has 0 radical (unpaired) electrons. The van der Waals surface area contributed by atoms with Crippen LogP contribution in [0.4, 0.5) is 5.69 Å². The van der Waals surface area contributed by atoms with E-state index in [4.69, 9.17) is 21.1 Å². The highest BCUT2D eigenvalue weighted by Crippen LogP contribution is 2.36. The average molecular weight is 416 g/mol. The maximum absolute atomic E-state index is 10.9. The topological polar surface area (TPSA) is 84.6 Å². The van der Waals surface area contributed by atoms with Crippen LogP contribution in [0.25, 0.3) is 10.9 Å². The van der Waals surface area contributed by atoms with Gasteiger partial charge in [-0.15, -0.1) is 4.91 Å². The van der Waals surface area contributed by atoms with Crippen LogP contribution in [0.15, 0.2) is 78.1 Å². The van der Waals surface area contributed by atoms with E-state index in [2.05, 4.69) is 16.2 Å². The molecule has 0 spiro atoms. The van der Waals surface area contributed by atoms with Gasteiger partial charge in [0.15, 0.2) is 0 Å². The van der Waals surface area contributed by atoms with Crippen LogP contribution in [0.3, 0.4) is 0 Å². The van der Waals surface area contributed by atoms with E-state index in [-0.39, 0.29) is 10.7 Å². The molecular weight excluding hydrogens is 402 g/mol. The minimum absolute atomic E-state index is 0.0850. The second kappa shape index (κ2) is 8.60. The Labute approximate surface area is 177 Å². The van der Waals surface area contributed by atoms with E-state index in [0.29, 0.717) is 40.3 Å². The van der Waals surface area contributed by atoms with E-state index in [1.54, 1.807) is 30.5 Å². The van der Waals surface area contributed by atoms with Crippen LogP contribution in [0.1, 0.15) is 11.1 Å². The highest BCUT2D eigenvalue weighted by Gasteiger charge is 2.12. The summed E-state index contributed by atoms with van der Waals surface area (Å²) in [6.07, 6.45) is 1.60. The van der Waals surface area contributed by atoms with Crippen molar-refractivity contribution in [2.24, 2.45) is 5.18 Å². The van der Waals surface area contributed by atoms with Crippen LogP contribution in [0.2, 0.25) is 5.02 Å². The molecule has 0 N–H and O–H groups in total. The molecule has 7 heteroatoms. The molecule has 0 aliphatic carbocycles. The third-order valence-corrected chi connectivity index (χ3v) is 4.72. The standard InChI is InChI=1S/C23H14ClN3O3/c24-19-7-6-17(11-21(19)27-28)30-22-8-9-26-20-12-23(16(13-25)10-18(20)22)29-14-15-4-2-1-3-5-15/h1-12H,14H2. The molecule has 3 aromatic carbocycles. The number of pyridine rings is 1. The van der Waals surface area contributed by atoms with Crippen molar-refractivity contribution in [1.82, 2.24) is 4.98 Å². The fourth-order valence-electron chi connectivity index (χ4n) is 2.93. The number of ether oxygens (including phenoxy) is 2. The largest absolute Gasteiger partial charge is 0.487 e. The number of hydrogen-bond donors (Lipinski definition) is 0. The van der Waals surface area contributed by atoms with Gasteiger partial charge in [0.2, 0.25) is 0 Å². The lowest BCUT2D eigenvalue weighted by molar-refractivity contribution is 0.305. The Morgan fingerprint density at radius 1 is 1.03 bits per heavy atom. The van der Waals surface area contributed by atoms with Crippen LogP contribution in [0, 0.1) is 16.2 Å². The van der Waals surface area contributed by atoms with Crippen LogP contribution in [-0.2, 0) is 6.61 Å². The van der Waals surface area contributed by atoms with Gasteiger partial charge in [-0.3, -0.25) is 4.98 Å². The fraction of sp³-hybridized carbons (Fsp3) is 0.0435. The summed E-state index contributed by atoms with van der Waals surface area (Å²) in [5.74, 6) is 1.31. The third-order valence-electron chi connectivity index (χ3n) is 4.40. The van der Waals surface area contributed by atoms with Crippen molar-refractivity contribution >= 4 is 28.2 Å². The van der Waals surface area contributed by atoms with E-state index in [9.17, 15) is 10.2 Å². The number of nitriles is 1. The van der Waals surface area contributed by atoms with Crippen molar-refractivity contribution in [2.75, 3.05) is 0 Å². The molecule has 30 heavy (non-hydrogen) atoms. The predicted molar refractivity (Wildman–Crippen MR) is 114 cm³/mol. The first-order chi connectivity index (χ1) is 14.7. The molecule has 0 aliphatic heterocycles. The molecule has 0 aliphatic rings. The number of rotatable bonds is 6. The summed E-state index contributed by atoms with van der Waals surface area (Å²) in [6.45, 7) is 0.337. The van der Waals surface area contributed by atoms with Crippen molar-refractivity contribution in [1.29, 1.82) is 5.26 Å². The molecular formula is C23H14ClN3O3. The van der Waals surface area contributed by atoms with Gasteiger partial charge >= 0.3 is 0 Å². The summed E-state index contributed by atoms with van der Waals surface area (Å²) < 4.78 is 11.8. The van der Waals surface area contributed by atoms with Crippen LogP contribution in [0.5, 0.6) is 17.2 Å². The molecule has 0 unspecified atom stereocenters. The first kappa shape index (κ1) is 19.4. The zero-order valence-electron chi connectivity index (χ0n) is 15.6. The number of fused-ring (bicyclic) bond motifs is 1. The maximum Gasteiger partial charge on any atom is 0.139 e. The number of nitroso groups, excluding NO2 is 1. The molecule has 0 bridgehead atoms. The summed E-state index contributed by atoms with van der Waals surface area (Å²) in [6, 6.07) is 21.5. The Morgan fingerprint density at radius 2 is 1.87 bits per heavy atom. The van der Waals surface area contributed by atoms with Crippen LogP contribution >= 0.6 is 11.6 Å². The fourth-order valence-corrected chi connectivity index (χ4v) is 3.08. The molecule has 0 saturated heterocycles. The second-order valence-corrected chi connectivity index (χ2v) is 6.77.